The van der Waals surface area contributed by atoms with Crippen LogP contribution in [0, 0.1) is 11.6 Å². The number of aromatic nitrogens is 4. The van der Waals surface area contributed by atoms with Crippen molar-refractivity contribution in [1.29, 1.82) is 0 Å². The number of rotatable bonds is 9. The Morgan fingerprint density at radius 1 is 0.651 bits per heavy atom. The first kappa shape index (κ1) is 44.2. The van der Waals surface area contributed by atoms with Gasteiger partial charge in [0.1, 0.15) is 40.2 Å². The van der Waals surface area contributed by atoms with Crippen molar-refractivity contribution in [3.8, 4) is 23.0 Å². The first-order valence-electron chi connectivity index (χ1n) is 21.0. The van der Waals surface area contributed by atoms with E-state index in [1.165, 1.54) is 24.3 Å². The van der Waals surface area contributed by atoms with Gasteiger partial charge in [-0.05, 0) is 133 Å². The number of hydrogen-bond acceptors (Lipinski definition) is 9. The third-order valence-corrected chi connectivity index (χ3v) is 10.7. The molecule has 330 valence electrons. The summed E-state index contributed by atoms with van der Waals surface area (Å²) in [5, 5.41) is 2.92. The minimum Gasteiger partial charge on any atom is -0.457 e. The van der Waals surface area contributed by atoms with Crippen molar-refractivity contribution in [2.24, 2.45) is 0 Å². The molecule has 0 atom stereocenters. The Morgan fingerprint density at radius 3 is 1.43 bits per heavy atom. The van der Waals surface area contributed by atoms with Gasteiger partial charge in [0.05, 0.1) is 22.1 Å². The molecule has 0 bridgehead atoms. The Labute approximate surface area is 363 Å². The van der Waals surface area contributed by atoms with Crippen molar-refractivity contribution in [2.45, 2.75) is 84.0 Å². The Morgan fingerprint density at radius 2 is 1.05 bits per heavy atom. The van der Waals surface area contributed by atoms with E-state index in [1.54, 1.807) is 52.3 Å². The van der Waals surface area contributed by atoms with Crippen LogP contribution in [0.4, 0.5) is 18.4 Å². The number of hydrogen-bond donors (Lipinski definition) is 1. The van der Waals surface area contributed by atoms with Crippen LogP contribution in [0.25, 0.3) is 22.1 Å². The Kier molecular flexibility index (Phi) is 13.4. The normalized spacial score (nSPS) is 14.9. The number of benzene rings is 4. The molecule has 2 aliphatic heterocycles. The summed E-state index contributed by atoms with van der Waals surface area (Å²) in [6.45, 7) is 11.7. The van der Waals surface area contributed by atoms with Gasteiger partial charge in [-0.1, -0.05) is 0 Å². The molecular formula is C47H51F2N7O7. The SMILES string of the molecule is CC(C)(C)OC(=O)N1CCC(n2c(C=O)nc3ccc(Oc4ccc(F)cc4)cc32)CC1.CC(C)NC(=O)N1CCC(n2c(C=O)nc3ccc(Oc4ccc(F)cc4)cc32)CC1. The van der Waals surface area contributed by atoms with Gasteiger partial charge in [-0.15, -0.1) is 0 Å². The topological polar surface area (TPSA) is 150 Å². The fourth-order valence-electron chi connectivity index (χ4n) is 7.82. The number of fused-ring (bicyclic) bond motifs is 2. The molecule has 2 aliphatic rings. The lowest BCUT2D eigenvalue weighted by atomic mass is 10.0. The highest BCUT2D eigenvalue weighted by Crippen LogP contribution is 2.34. The fraction of sp³-hybridized carbons (Fsp3) is 0.362. The maximum absolute atomic E-state index is 13.2. The van der Waals surface area contributed by atoms with E-state index in [4.69, 9.17) is 14.2 Å². The average Bonchev–Trinajstić information content (AvgIpc) is 3.82. The van der Waals surface area contributed by atoms with Gasteiger partial charge in [0, 0.05) is 56.4 Å². The van der Waals surface area contributed by atoms with Gasteiger partial charge in [0.15, 0.2) is 24.2 Å². The zero-order chi connectivity index (χ0) is 44.8. The smallest absolute Gasteiger partial charge is 0.410 e. The van der Waals surface area contributed by atoms with Crippen LogP contribution in [0.5, 0.6) is 23.0 Å². The summed E-state index contributed by atoms with van der Waals surface area (Å²) >= 11 is 0. The summed E-state index contributed by atoms with van der Waals surface area (Å²) in [7, 11) is 0. The van der Waals surface area contributed by atoms with Gasteiger partial charge in [-0.2, -0.15) is 0 Å². The number of amides is 3. The number of halogens is 2. The average molecular weight is 864 g/mol. The number of imidazole rings is 2. The molecule has 0 saturated carbocycles. The van der Waals surface area contributed by atoms with E-state index in [1.807, 2.05) is 62.0 Å². The molecule has 0 spiro atoms. The van der Waals surface area contributed by atoms with Crippen molar-refractivity contribution in [2.75, 3.05) is 26.2 Å². The van der Waals surface area contributed by atoms with Crippen LogP contribution in [0.3, 0.4) is 0 Å². The van der Waals surface area contributed by atoms with Gasteiger partial charge in [-0.3, -0.25) is 9.59 Å². The number of urea groups is 1. The van der Waals surface area contributed by atoms with E-state index >= 15 is 0 Å². The molecule has 16 heteroatoms. The maximum Gasteiger partial charge on any atom is 0.410 e. The fourth-order valence-corrected chi connectivity index (χ4v) is 7.82. The minimum absolute atomic E-state index is 0.0138. The molecule has 63 heavy (non-hydrogen) atoms. The summed E-state index contributed by atoms with van der Waals surface area (Å²) in [4.78, 5) is 60.5. The molecule has 2 aromatic heterocycles. The summed E-state index contributed by atoms with van der Waals surface area (Å²) in [5.41, 5.74) is 2.43. The maximum atomic E-state index is 13.2. The predicted octanol–water partition coefficient (Wildman–Crippen LogP) is 9.89. The standard InChI is InChI=1S/C24H26FN3O4.C23H25FN4O3/c1-24(2,3)32-23(30)27-12-10-17(11-13-27)28-21-14-19(8-9-20(21)26-22(28)15-29)31-18-6-4-16(25)5-7-18;1-15(2)25-23(30)27-11-9-17(10-12-27)28-21-13-19(7-8-20(21)26-22(28)14-29)31-18-5-3-16(24)4-6-18/h4-9,14-15,17H,10-13H2,1-3H3;3-8,13-15,17H,9-12H2,1-2H3,(H,25,30). The van der Waals surface area contributed by atoms with E-state index in [0.29, 0.717) is 84.7 Å². The van der Waals surface area contributed by atoms with E-state index < -0.39 is 5.60 Å². The number of nitrogens with one attached hydrogen (secondary N) is 1. The van der Waals surface area contributed by atoms with Crippen LogP contribution in [0.15, 0.2) is 84.9 Å². The number of carbonyl (C=O) groups excluding carboxylic acids is 4. The highest BCUT2D eigenvalue weighted by atomic mass is 19.1. The molecule has 4 aromatic carbocycles. The van der Waals surface area contributed by atoms with E-state index in [9.17, 15) is 28.0 Å². The molecule has 4 heterocycles. The van der Waals surface area contributed by atoms with Crippen LogP contribution < -0.4 is 14.8 Å². The van der Waals surface area contributed by atoms with Crippen molar-refractivity contribution in [3.05, 3.63) is 108 Å². The van der Waals surface area contributed by atoms with Crippen molar-refractivity contribution in [3.63, 3.8) is 0 Å². The number of ether oxygens (including phenoxy) is 3. The van der Waals surface area contributed by atoms with E-state index in [0.717, 1.165) is 36.4 Å². The molecule has 0 radical (unpaired) electrons. The lowest BCUT2D eigenvalue weighted by molar-refractivity contribution is 0.0188. The van der Waals surface area contributed by atoms with Crippen molar-refractivity contribution >= 4 is 46.8 Å². The molecule has 1 N–H and O–H groups in total. The zero-order valence-electron chi connectivity index (χ0n) is 35.9. The van der Waals surface area contributed by atoms with Crippen LogP contribution in [0.1, 0.15) is 93.6 Å². The lowest BCUT2D eigenvalue weighted by Crippen LogP contribution is -2.46. The second-order valence-electron chi connectivity index (χ2n) is 16.8. The summed E-state index contributed by atoms with van der Waals surface area (Å²) < 4.78 is 47.4. The third-order valence-electron chi connectivity index (χ3n) is 10.7. The van der Waals surface area contributed by atoms with Gasteiger partial charge in [-0.25, -0.2) is 28.3 Å². The number of likely N-dealkylation sites (tertiary alicyclic amines) is 2. The van der Waals surface area contributed by atoms with Gasteiger partial charge in [0.25, 0.3) is 0 Å². The summed E-state index contributed by atoms with van der Waals surface area (Å²) in [5.74, 6) is 2.21. The van der Waals surface area contributed by atoms with Crippen molar-refractivity contribution < 1.29 is 42.2 Å². The number of carbonyl (C=O) groups is 4. The van der Waals surface area contributed by atoms with E-state index in [-0.39, 0.29) is 41.9 Å². The molecule has 2 saturated heterocycles. The Bertz CT molecular complexity index is 2570. The minimum atomic E-state index is -0.542. The largest absolute Gasteiger partial charge is 0.457 e. The van der Waals surface area contributed by atoms with Crippen molar-refractivity contribution in [1.82, 2.24) is 34.2 Å². The molecular weight excluding hydrogens is 813 g/mol. The quantitative estimate of drug-likeness (QED) is 0.140. The molecule has 6 aromatic rings. The van der Waals surface area contributed by atoms with Crippen LogP contribution in [0.2, 0.25) is 0 Å². The first-order valence-corrected chi connectivity index (χ1v) is 21.0. The van der Waals surface area contributed by atoms with Crippen LogP contribution in [-0.2, 0) is 4.74 Å². The van der Waals surface area contributed by atoms with Gasteiger partial charge >= 0.3 is 12.1 Å². The highest BCUT2D eigenvalue weighted by Gasteiger charge is 2.30. The van der Waals surface area contributed by atoms with E-state index in [2.05, 4.69) is 15.3 Å². The molecule has 3 amide bonds. The van der Waals surface area contributed by atoms with Gasteiger partial charge < -0.3 is 38.5 Å². The Hall–Kier alpha value is -6.84. The monoisotopic (exact) mass is 863 g/mol. The molecule has 0 unspecified atom stereocenters. The summed E-state index contributed by atoms with van der Waals surface area (Å²) in [6.07, 6.45) is 3.99. The highest BCUT2D eigenvalue weighted by molar-refractivity contribution is 5.85. The molecule has 0 aliphatic carbocycles. The second-order valence-corrected chi connectivity index (χ2v) is 16.8. The number of piperidine rings is 2. The predicted molar refractivity (Wildman–Crippen MR) is 233 cm³/mol. The van der Waals surface area contributed by atoms with Crippen LogP contribution in [-0.4, -0.2) is 91.4 Å². The third kappa shape index (κ3) is 10.8. The molecule has 8 rings (SSSR count). The second kappa shape index (κ2) is 19.1. The van der Waals surface area contributed by atoms with Crippen LogP contribution >= 0.6 is 0 Å². The summed E-state index contributed by atoms with van der Waals surface area (Å²) in [6, 6.07) is 22.5. The lowest BCUT2D eigenvalue weighted by Gasteiger charge is -2.34. The Balaban J connectivity index is 0.000000189. The molecule has 14 nitrogen and oxygen atoms in total. The van der Waals surface area contributed by atoms with Gasteiger partial charge in [0.2, 0.25) is 0 Å². The zero-order valence-corrected chi connectivity index (χ0v) is 35.9. The number of aldehydes is 2. The number of nitrogens with zero attached hydrogens (tertiary/aromatic N) is 6. The first-order chi connectivity index (χ1) is 30.2. The molecule has 2 fully saturated rings.